The molecule has 0 spiro atoms. The number of hydrogen-bond donors (Lipinski definition) is 1. The zero-order valence-electron chi connectivity index (χ0n) is 8.42. The summed E-state index contributed by atoms with van der Waals surface area (Å²) >= 11 is 1.85. The first-order valence-electron chi connectivity index (χ1n) is 4.77. The van der Waals surface area contributed by atoms with Crippen LogP contribution in [0.5, 0.6) is 0 Å². The first-order chi connectivity index (χ1) is 5.80. The molecule has 0 aromatic rings. The van der Waals surface area contributed by atoms with Crippen LogP contribution in [-0.4, -0.2) is 41.3 Å². The summed E-state index contributed by atoms with van der Waals surface area (Å²) in [5, 5.41) is 9.39. The van der Waals surface area contributed by atoms with E-state index in [4.69, 9.17) is 0 Å². The van der Waals surface area contributed by atoms with Gasteiger partial charge in [-0.15, -0.1) is 0 Å². The summed E-state index contributed by atoms with van der Waals surface area (Å²) in [5.41, 5.74) is 0. The lowest BCUT2D eigenvalue weighted by atomic mass is 10.3. The third-order valence-corrected chi connectivity index (χ3v) is 2.94. The minimum atomic E-state index is -0.217. The molecule has 12 heavy (non-hydrogen) atoms. The van der Waals surface area contributed by atoms with Gasteiger partial charge in [0.15, 0.2) is 0 Å². The smallest absolute Gasteiger partial charge is 0.116 e. The van der Waals surface area contributed by atoms with Gasteiger partial charge >= 0.3 is 0 Å². The Labute approximate surface area is 80.3 Å². The number of nitrogens with zero attached hydrogens (tertiary/aromatic N) is 1. The summed E-state index contributed by atoms with van der Waals surface area (Å²) < 4.78 is 0. The van der Waals surface area contributed by atoms with E-state index in [2.05, 4.69) is 0 Å². The van der Waals surface area contributed by atoms with E-state index in [1.54, 1.807) is 0 Å². The number of hydrogen-bond acceptors (Lipinski definition) is 3. The molecule has 1 N–H and O–H groups in total. The second-order valence-electron chi connectivity index (χ2n) is 2.74. The molecule has 0 aliphatic carbocycles. The summed E-state index contributed by atoms with van der Waals surface area (Å²) in [4.78, 5) is 2.02. The molecule has 1 saturated heterocycles. The Morgan fingerprint density at radius 1 is 1.33 bits per heavy atom. The van der Waals surface area contributed by atoms with Crippen molar-refractivity contribution in [2.45, 2.75) is 32.9 Å². The maximum atomic E-state index is 9.39. The van der Waals surface area contributed by atoms with Crippen LogP contribution in [0.4, 0.5) is 0 Å². The third kappa shape index (κ3) is 5.01. The van der Waals surface area contributed by atoms with E-state index in [9.17, 15) is 5.11 Å². The van der Waals surface area contributed by atoms with Gasteiger partial charge in [0.1, 0.15) is 6.23 Å². The summed E-state index contributed by atoms with van der Waals surface area (Å²) in [7, 11) is 1.98. The molecule has 0 radical (unpaired) electrons. The van der Waals surface area contributed by atoms with Crippen molar-refractivity contribution < 1.29 is 5.11 Å². The number of aliphatic hydroxyl groups is 1. The molecule has 1 fully saturated rings. The molecule has 3 heteroatoms. The molecule has 1 unspecified atom stereocenters. The van der Waals surface area contributed by atoms with Crippen LogP contribution >= 0.6 is 11.8 Å². The molecule has 0 amide bonds. The molecule has 0 aromatic heterocycles. The molecule has 0 bridgehead atoms. The minimum Gasteiger partial charge on any atom is -0.378 e. The Bertz CT molecular complexity index is 88.5. The van der Waals surface area contributed by atoms with Crippen LogP contribution in [0.15, 0.2) is 0 Å². The van der Waals surface area contributed by atoms with Gasteiger partial charge in [0.05, 0.1) is 0 Å². The zero-order chi connectivity index (χ0) is 9.40. The number of thioether (sulfide) groups is 1. The highest BCUT2D eigenvalue weighted by atomic mass is 32.2. The molecule has 2 nitrogen and oxygen atoms in total. The lowest BCUT2D eigenvalue weighted by Crippen LogP contribution is -2.35. The molecular formula is C9H21NOS. The van der Waals surface area contributed by atoms with Gasteiger partial charge in [-0.1, -0.05) is 13.8 Å². The molecular weight excluding hydrogens is 170 g/mol. The fraction of sp³-hybridized carbons (Fsp3) is 1.00. The average molecular weight is 191 g/mol. The Kier molecular flexibility index (Phi) is 8.07. The number of aliphatic hydroxyl groups excluding tert-OH is 1. The van der Waals surface area contributed by atoms with Crippen LogP contribution in [0, 0.1) is 0 Å². The van der Waals surface area contributed by atoms with Gasteiger partial charge in [-0.3, -0.25) is 4.90 Å². The van der Waals surface area contributed by atoms with Crippen molar-refractivity contribution in [3.8, 4) is 0 Å². The second kappa shape index (κ2) is 7.90. The van der Waals surface area contributed by atoms with E-state index in [-0.39, 0.29) is 6.23 Å². The fourth-order valence-electron chi connectivity index (χ4n) is 1.03. The van der Waals surface area contributed by atoms with E-state index >= 15 is 0 Å². The van der Waals surface area contributed by atoms with Gasteiger partial charge in [-0.25, -0.2) is 0 Å². The van der Waals surface area contributed by atoms with Gasteiger partial charge in [0.25, 0.3) is 0 Å². The lowest BCUT2D eigenvalue weighted by molar-refractivity contribution is 0.0407. The van der Waals surface area contributed by atoms with Crippen molar-refractivity contribution in [1.82, 2.24) is 4.90 Å². The fourth-order valence-corrected chi connectivity index (χ4v) is 2.07. The van der Waals surface area contributed by atoms with Crippen LogP contribution in [0.3, 0.4) is 0 Å². The Morgan fingerprint density at radius 3 is 2.67 bits per heavy atom. The van der Waals surface area contributed by atoms with E-state index < -0.39 is 0 Å². The SMILES string of the molecule is CC.CN1CCCCSCC1O. The van der Waals surface area contributed by atoms with E-state index in [1.165, 1.54) is 18.6 Å². The van der Waals surface area contributed by atoms with Crippen LogP contribution in [0.1, 0.15) is 26.7 Å². The lowest BCUT2D eigenvalue weighted by Gasteiger charge is -2.25. The van der Waals surface area contributed by atoms with Gasteiger partial charge in [0.2, 0.25) is 0 Å². The summed E-state index contributed by atoms with van der Waals surface area (Å²) in [5.74, 6) is 2.08. The van der Waals surface area contributed by atoms with E-state index in [0.717, 1.165) is 12.3 Å². The summed E-state index contributed by atoms with van der Waals surface area (Å²) in [6.07, 6.45) is 2.30. The molecule has 1 heterocycles. The van der Waals surface area contributed by atoms with Crippen molar-refractivity contribution in [3.63, 3.8) is 0 Å². The van der Waals surface area contributed by atoms with E-state index in [0.29, 0.717) is 0 Å². The van der Waals surface area contributed by atoms with Crippen molar-refractivity contribution in [1.29, 1.82) is 0 Å². The van der Waals surface area contributed by atoms with Crippen LogP contribution in [0.2, 0.25) is 0 Å². The quantitative estimate of drug-likeness (QED) is 0.631. The Morgan fingerprint density at radius 2 is 2.00 bits per heavy atom. The van der Waals surface area contributed by atoms with Crippen molar-refractivity contribution in [2.24, 2.45) is 0 Å². The summed E-state index contributed by atoms with van der Waals surface area (Å²) in [6, 6.07) is 0. The highest BCUT2D eigenvalue weighted by Gasteiger charge is 2.12. The predicted molar refractivity (Wildman–Crippen MR) is 56.5 cm³/mol. The van der Waals surface area contributed by atoms with E-state index in [1.807, 2.05) is 37.6 Å². The molecule has 1 aliphatic heterocycles. The number of rotatable bonds is 0. The van der Waals surface area contributed by atoms with Gasteiger partial charge in [-0.05, 0) is 25.6 Å². The van der Waals surface area contributed by atoms with Crippen molar-refractivity contribution >= 4 is 11.8 Å². The zero-order valence-corrected chi connectivity index (χ0v) is 9.23. The normalized spacial score (nSPS) is 26.5. The van der Waals surface area contributed by atoms with Crippen molar-refractivity contribution in [2.75, 3.05) is 25.1 Å². The van der Waals surface area contributed by atoms with Crippen molar-refractivity contribution in [3.05, 3.63) is 0 Å². The minimum absolute atomic E-state index is 0.217. The monoisotopic (exact) mass is 191 g/mol. The third-order valence-electron chi connectivity index (χ3n) is 1.83. The van der Waals surface area contributed by atoms with Crippen LogP contribution in [-0.2, 0) is 0 Å². The standard InChI is InChI=1S/C7H15NOS.C2H6/c1-8-4-2-3-5-10-6-7(8)9;1-2/h7,9H,2-6H2,1H3;1-2H3. The average Bonchev–Trinajstić information content (AvgIpc) is 2.11. The van der Waals surface area contributed by atoms with Crippen LogP contribution < -0.4 is 0 Å². The first kappa shape index (κ1) is 12.3. The van der Waals surface area contributed by atoms with Gasteiger partial charge in [0, 0.05) is 12.3 Å². The predicted octanol–water partition coefficient (Wildman–Crippen LogP) is 1.79. The Hall–Kier alpha value is 0.270. The van der Waals surface area contributed by atoms with Gasteiger partial charge in [-0.2, -0.15) is 11.8 Å². The molecule has 1 rings (SSSR count). The topological polar surface area (TPSA) is 23.5 Å². The largest absolute Gasteiger partial charge is 0.378 e. The molecule has 1 aliphatic rings. The van der Waals surface area contributed by atoms with Gasteiger partial charge < -0.3 is 5.11 Å². The highest BCUT2D eigenvalue weighted by molar-refractivity contribution is 7.99. The second-order valence-corrected chi connectivity index (χ2v) is 3.89. The maximum Gasteiger partial charge on any atom is 0.116 e. The maximum absolute atomic E-state index is 9.39. The first-order valence-corrected chi connectivity index (χ1v) is 5.92. The Balaban J connectivity index is 0.000000561. The van der Waals surface area contributed by atoms with Crippen LogP contribution in [0.25, 0.3) is 0 Å². The highest BCUT2D eigenvalue weighted by Crippen LogP contribution is 2.12. The molecule has 1 atom stereocenters. The molecule has 74 valence electrons. The summed E-state index contributed by atoms with van der Waals surface area (Å²) in [6.45, 7) is 5.04. The molecule has 0 saturated carbocycles. The molecule has 0 aromatic carbocycles.